The molecule has 1 aliphatic rings. The molecule has 1 aromatic carbocycles. The highest BCUT2D eigenvalue weighted by molar-refractivity contribution is 5.97. The van der Waals surface area contributed by atoms with Gasteiger partial charge < -0.3 is 19.9 Å². The van der Waals surface area contributed by atoms with Gasteiger partial charge in [0.15, 0.2) is 6.61 Å². The lowest BCUT2D eigenvalue weighted by Crippen LogP contribution is -2.40. The average molecular weight is 437 g/mol. The minimum Gasteiger partial charge on any atom is -0.454 e. The molecule has 0 bridgehead atoms. The minimum atomic E-state index is -0.919. The summed E-state index contributed by atoms with van der Waals surface area (Å²) in [4.78, 5) is 37.0. The van der Waals surface area contributed by atoms with E-state index in [1.165, 1.54) is 6.92 Å². The van der Waals surface area contributed by atoms with Crippen molar-refractivity contribution in [2.45, 2.75) is 58.5 Å². The monoisotopic (exact) mass is 436 g/mol. The van der Waals surface area contributed by atoms with Crippen LogP contribution in [-0.2, 0) is 14.3 Å². The fraction of sp³-hybridized carbons (Fsp3) is 0.417. The third-order valence-electron chi connectivity index (χ3n) is 5.90. The molecule has 1 heterocycles. The molecule has 1 fully saturated rings. The fourth-order valence-corrected chi connectivity index (χ4v) is 4.06. The first kappa shape index (κ1) is 23.1. The molecular weight excluding hydrogens is 408 g/mol. The first-order valence-corrected chi connectivity index (χ1v) is 10.8. The second-order valence-corrected chi connectivity index (χ2v) is 8.07. The summed E-state index contributed by atoms with van der Waals surface area (Å²) in [7, 11) is 0. The zero-order valence-corrected chi connectivity index (χ0v) is 18.6. The van der Waals surface area contributed by atoms with E-state index < -0.39 is 30.4 Å². The van der Waals surface area contributed by atoms with E-state index in [4.69, 9.17) is 4.74 Å². The molecule has 8 nitrogen and oxygen atoms in total. The van der Waals surface area contributed by atoms with Gasteiger partial charge in [-0.15, -0.1) is 0 Å². The van der Waals surface area contributed by atoms with E-state index in [0.717, 1.165) is 36.9 Å². The number of esters is 1. The molecular formula is C24H28N4O4. The molecule has 1 aromatic heterocycles. The maximum atomic E-state index is 12.5. The molecule has 1 atom stereocenters. The lowest BCUT2D eigenvalue weighted by atomic mass is 10.2. The van der Waals surface area contributed by atoms with Gasteiger partial charge in [0.25, 0.3) is 11.8 Å². The van der Waals surface area contributed by atoms with Gasteiger partial charge in [0, 0.05) is 17.3 Å². The van der Waals surface area contributed by atoms with Crippen LogP contribution in [0.4, 0.5) is 5.82 Å². The highest BCUT2D eigenvalue weighted by atomic mass is 16.5. The van der Waals surface area contributed by atoms with Crippen LogP contribution in [0.15, 0.2) is 30.3 Å². The maximum absolute atomic E-state index is 12.5. The van der Waals surface area contributed by atoms with Gasteiger partial charge in [-0.1, -0.05) is 31.0 Å². The largest absolute Gasteiger partial charge is 0.454 e. The first-order chi connectivity index (χ1) is 15.3. The molecule has 0 saturated heterocycles. The summed E-state index contributed by atoms with van der Waals surface area (Å²) < 4.78 is 7.12. The molecule has 0 radical (unpaired) electrons. The second-order valence-electron chi connectivity index (χ2n) is 8.07. The molecule has 3 rings (SSSR count). The Morgan fingerprint density at radius 1 is 1.19 bits per heavy atom. The average Bonchev–Trinajstić information content (AvgIpc) is 3.39. The quantitative estimate of drug-likeness (QED) is 0.646. The number of hydrogen-bond donors (Lipinski definition) is 2. The topological polar surface area (TPSA) is 113 Å². The number of rotatable bonds is 7. The Morgan fingerprint density at radius 3 is 2.47 bits per heavy atom. The summed E-state index contributed by atoms with van der Waals surface area (Å²) in [5.41, 5.74) is 2.65. The number of benzene rings is 1. The summed E-state index contributed by atoms with van der Waals surface area (Å²) in [5, 5.41) is 14.9. The summed E-state index contributed by atoms with van der Waals surface area (Å²) >= 11 is 0. The highest BCUT2D eigenvalue weighted by Gasteiger charge is 2.27. The molecule has 0 unspecified atom stereocenters. The van der Waals surface area contributed by atoms with Crippen molar-refractivity contribution in [3.63, 3.8) is 0 Å². The standard InChI is InChI=1S/C24H28N4O4/c1-15-17(3)28(19-11-7-8-12-19)22(20(15)13-25)27-21(29)14-32-24(31)16(2)26-23(30)18-9-5-4-6-10-18/h4-6,9-10,16,19H,7-8,11-12,14H2,1-3H3,(H,26,30)(H,27,29)/t16-/m0/s1. The summed E-state index contributed by atoms with van der Waals surface area (Å²) in [6.45, 7) is 4.80. The first-order valence-electron chi connectivity index (χ1n) is 10.8. The van der Waals surface area contributed by atoms with E-state index in [0.29, 0.717) is 16.9 Å². The van der Waals surface area contributed by atoms with Crippen LogP contribution in [0, 0.1) is 25.2 Å². The SMILES string of the molecule is Cc1c(C#N)c(NC(=O)COC(=O)[C@H](C)NC(=O)c2ccccc2)n(C2CCCC2)c1C. The van der Waals surface area contributed by atoms with Crippen LogP contribution >= 0.6 is 0 Å². The number of amides is 2. The predicted octanol–water partition coefficient (Wildman–Crippen LogP) is 3.39. The highest BCUT2D eigenvalue weighted by Crippen LogP contribution is 2.37. The van der Waals surface area contributed by atoms with Gasteiger partial charge in [0.05, 0.1) is 5.56 Å². The lowest BCUT2D eigenvalue weighted by molar-refractivity contribution is -0.148. The second kappa shape index (κ2) is 10.1. The number of nitriles is 1. The van der Waals surface area contributed by atoms with E-state index in [2.05, 4.69) is 16.7 Å². The number of aromatic nitrogens is 1. The van der Waals surface area contributed by atoms with Crippen molar-refractivity contribution in [2.75, 3.05) is 11.9 Å². The summed E-state index contributed by atoms with van der Waals surface area (Å²) in [5.74, 6) is -1.20. The molecule has 0 spiro atoms. The summed E-state index contributed by atoms with van der Waals surface area (Å²) in [6.07, 6.45) is 4.22. The van der Waals surface area contributed by atoms with Gasteiger partial charge in [-0.3, -0.25) is 9.59 Å². The number of nitrogens with zero attached hydrogens (tertiary/aromatic N) is 2. The number of ether oxygens (including phenoxy) is 1. The van der Waals surface area contributed by atoms with Gasteiger partial charge in [-0.25, -0.2) is 4.79 Å². The van der Waals surface area contributed by atoms with E-state index in [1.54, 1.807) is 30.3 Å². The zero-order valence-electron chi connectivity index (χ0n) is 18.6. The Bertz CT molecular complexity index is 1050. The summed E-state index contributed by atoms with van der Waals surface area (Å²) in [6, 6.07) is 10.0. The van der Waals surface area contributed by atoms with Crippen molar-refractivity contribution >= 4 is 23.6 Å². The fourth-order valence-electron chi connectivity index (χ4n) is 4.06. The van der Waals surface area contributed by atoms with Crippen LogP contribution < -0.4 is 10.6 Å². The van der Waals surface area contributed by atoms with E-state index >= 15 is 0 Å². The van der Waals surface area contributed by atoms with Gasteiger partial charge in [0.1, 0.15) is 17.9 Å². The molecule has 2 aromatic rings. The zero-order chi connectivity index (χ0) is 23.3. The Kier molecular flexibility index (Phi) is 7.31. The Labute approximate surface area is 187 Å². The number of nitrogens with one attached hydrogen (secondary N) is 2. The van der Waals surface area contributed by atoms with Crippen molar-refractivity contribution < 1.29 is 19.1 Å². The predicted molar refractivity (Wildman–Crippen MR) is 119 cm³/mol. The molecule has 0 aliphatic heterocycles. The lowest BCUT2D eigenvalue weighted by Gasteiger charge is -2.19. The van der Waals surface area contributed by atoms with Crippen molar-refractivity contribution in [1.29, 1.82) is 5.26 Å². The van der Waals surface area contributed by atoms with Crippen molar-refractivity contribution in [3.8, 4) is 6.07 Å². The van der Waals surface area contributed by atoms with E-state index in [1.807, 2.05) is 18.4 Å². The Balaban J connectivity index is 1.61. The van der Waals surface area contributed by atoms with Crippen LogP contribution in [0.2, 0.25) is 0 Å². The van der Waals surface area contributed by atoms with Crippen LogP contribution in [0.5, 0.6) is 0 Å². The number of hydrogen-bond acceptors (Lipinski definition) is 5. The molecule has 1 saturated carbocycles. The van der Waals surface area contributed by atoms with Crippen LogP contribution in [0.25, 0.3) is 0 Å². The molecule has 2 N–H and O–H groups in total. The van der Waals surface area contributed by atoms with Crippen LogP contribution in [0.3, 0.4) is 0 Å². The van der Waals surface area contributed by atoms with Crippen molar-refractivity contribution in [2.24, 2.45) is 0 Å². The van der Waals surface area contributed by atoms with Crippen LogP contribution in [-0.4, -0.2) is 35.0 Å². The van der Waals surface area contributed by atoms with E-state index in [-0.39, 0.29) is 6.04 Å². The van der Waals surface area contributed by atoms with Crippen LogP contribution in [0.1, 0.15) is 65.8 Å². The molecule has 32 heavy (non-hydrogen) atoms. The number of anilines is 1. The number of carbonyl (C=O) groups excluding carboxylic acids is 3. The molecule has 8 heteroatoms. The molecule has 1 aliphatic carbocycles. The normalized spacial score (nSPS) is 14.4. The van der Waals surface area contributed by atoms with Gasteiger partial charge >= 0.3 is 5.97 Å². The Hall–Kier alpha value is -3.60. The van der Waals surface area contributed by atoms with Crippen molar-refractivity contribution in [3.05, 3.63) is 52.7 Å². The minimum absolute atomic E-state index is 0.238. The third-order valence-corrected chi connectivity index (χ3v) is 5.90. The van der Waals surface area contributed by atoms with Crippen molar-refractivity contribution in [1.82, 2.24) is 9.88 Å². The molecule has 2 amide bonds. The Morgan fingerprint density at radius 2 is 1.84 bits per heavy atom. The number of carbonyl (C=O) groups is 3. The smallest absolute Gasteiger partial charge is 0.328 e. The van der Waals surface area contributed by atoms with E-state index in [9.17, 15) is 19.6 Å². The molecule has 168 valence electrons. The third kappa shape index (κ3) is 4.99. The maximum Gasteiger partial charge on any atom is 0.328 e. The van der Waals surface area contributed by atoms with Gasteiger partial charge in [-0.05, 0) is 51.3 Å². The van der Waals surface area contributed by atoms with Gasteiger partial charge in [0.2, 0.25) is 0 Å². The van der Waals surface area contributed by atoms with Gasteiger partial charge in [-0.2, -0.15) is 5.26 Å².